The van der Waals surface area contributed by atoms with Crippen LogP contribution >= 0.6 is 0 Å². The lowest BCUT2D eigenvalue weighted by Crippen LogP contribution is -2.59. The van der Waals surface area contributed by atoms with Crippen LogP contribution in [0.3, 0.4) is 0 Å². The van der Waals surface area contributed by atoms with E-state index >= 15 is 0 Å². The molecule has 2 fully saturated rings. The molecular formula is C31H33F2NO7. The van der Waals surface area contributed by atoms with Gasteiger partial charge < -0.3 is 35.2 Å². The summed E-state index contributed by atoms with van der Waals surface area (Å²) in [5, 5.41) is 51.1. The summed E-state index contributed by atoms with van der Waals surface area (Å²) in [6, 6.07) is 16.2. The Morgan fingerprint density at radius 1 is 0.805 bits per heavy atom. The molecular weight excluding hydrogens is 536 g/mol. The number of ether oxygens (including phenoxy) is 1. The zero-order chi connectivity index (χ0) is 29.3. The van der Waals surface area contributed by atoms with E-state index in [0.717, 1.165) is 5.56 Å². The number of hydrogen-bond acceptors (Lipinski definition) is 7. The first-order valence-corrected chi connectivity index (χ1v) is 13.6. The summed E-state index contributed by atoms with van der Waals surface area (Å²) < 4.78 is 32.4. The number of hydrogen-bond donors (Lipinski definition) is 5. The van der Waals surface area contributed by atoms with Crippen LogP contribution in [0.1, 0.15) is 35.6 Å². The minimum atomic E-state index is -1.50. The lowest BCUT2D eigenvalue weighted by molar-refractivity contribution is -0.228. The molecule has 2 aliphatic heterocycles. The summed E-state index contributed by atoms with van der Waals surface area (Å²) in [6.07, 6.45) is -4.42. The molecule has 0 saturated carbocycles. The molecule has 0 radical (unpaired) electrons. The van der Waals surface area contributed by atoms with Crippen molar-refractivity contribution in [2.24, 2.45) is 5.92 Å². The molecule has 0 bridgehead atoms. The van der Waals surface area contributed by atoms with Crippen LogP contribution in [0.5, 0.6) is 5.75 Å². The van der Waals surface area contributed by atoms with Crippen molar-refractivity contribution in [2.45, 2.75) is 62.2 Å². The number of amides is 1. The number of carbonyl (C=O) groups excluding carboxylic acids is 1. The lowest BCUT2D eigenvalue weighted by Gasteiger charge is -2.48. The van der Waals surface area contributed by atoms with Gasteiger partial charge in [-0.25, -0.2) is 8.78 Å². The molecule has 218 valence electrons. The van der Waals surface area contributed by atoms with E-state index in [1.54, 1.807) is 24.3 Å². The third-order valence-corrected chi connectivity index (χ3v) is 8.05. The normalized spacial score (nSPS) is 28.0. The summed E-state index contributed by atoms with van der Waals surface area (Å²) in [7, 11) is 0. The first-order valence-electron chi connectivity index (χ1n) is 13.6. The van der Waals surface area contributed by atoms with Gasteiger partial charge in [-0.05, 0) is 72.9 Å². The van der Waals surface area contributed by atoms with Crippen LogP contribution in [-0.2, 0) is 22.4 Å². The van der Waals surface area contributed by atoms with Gasteiger partial charge in [0.25, 0.3) is 0 Å². The van der Waals surface area contributed by atoms with Crippen molar-refractivity contribution in [1.29, 1.82) is 0 Å². The van der Waals surface area contributed by atoms with Crippen LogP contribution in [0.25, 0.3) is 0 Å². The Morgan fingerprint density at radius 3 is 2.05 bits per heavy atom. The van der Waals surface area contributed by atoms with E-state index in [2.05, 4.69) is 0 Å². The van der Waals surface area contributed by atoms with Crippen LogP contribution in [0.2, 0.25) is 0 Å². The summed E-state index contributed by atoms with van der Waals surface area (Å²) in [5.74, 6) is -1.42. The average Bonchev–Trinajstić information content (AvgIpc) is 2.96. The SMILES string of the molecule is O=C1[C@H](CCCc2ccc(F)cc2)[C@@H](c2ccc(C[C@@H]3OC(CO)[C@@H](O)C(O)[C@@H]3O)cc2O)N1c1ccc(F)cc1. The van der Waals surface area contributed by atoms with Gasteiger partial charge in [0, 0.05) is 17.7 Å². The zero-order valence-electron chi connectivity index (χ0n) is 22.2. The van der Waals surface area contributed by atoms with Gasteiger partial charge in [0.05, 0.1) is 24.7 Å². The van der Waals surface area contributed by atoms with Gasteiger partial charge in [0.15, 0.2) is 0 Å². The molecule has 2 saturated heterocycles. The fourth-order valence-electron chi connectivity index (χ4n) is 5.80. The van der Waals surface area contributed by atoms with Crippen LogP contribution in [0.15, 0.2) is 66.7 Å². The number of benzene rings is 3. The fourth-order valence-corrected chi connectivity index (χ4v) is 5.80. The number of halogens is 2. The summed E-state index contributed by atoms with van der Waals surface area (Å²) in [5.41, 5.74) is 2.52. The van der Waals surface area contributed by atoms with Crippen LogP contribution in [-0.4, -0.2) is 68.6 Å². The predicted molar refractivity (Wildman–Crippen MR) is 145 cm³/mol. The third-order valence-electron chi connectivity index (χ3n) is 8.05. The van der Waals surface area contributed by atoms with Crippen LogP contribution in [0, 0.1) is 17.6 Å². The number of phenols is 1. The number of β-lactam (4-membered cyclic amide) rings is 1. The molecule has 2 heterocycles. The summed E-state index contributed by atoms with van der Waals surface area (Å²) in [6.45, 7) is -0.539. The number of phenolic OH excluding ortho intramolecular Hbond substituents is 1. The Kier molecular flexibility index (Phi) is 8.67. The maximum Gasteiger partial charge on any atom is 0.233 e. The summed E-state index contributed by atoms with van der Waals surface area (Å²) in [4.78, 5) is 14.8. The van der Waals surface area contributed by atoms with E-state index in [-0.39, 0.29) is 23.9 Å². The second kappa shape index (κ2) is 12.2. The molecule has 3 aromatic carbocycles. The van der Waals surface area contributed by atoms with E-state index < -0.39 is 54.9 Å². The van der Waals surface area contributed by atoms with Crippen molar-refractivity contribution in [3.8, 4) is 5.75 Å². The Hall–Kier alpha value is -3.41. The first-order chi connectivity index (χ1) is 19.7. The van der Waals surface area contributed by atoms with Crippen LogP contribution in [0.4, 0.5) is 14.5 Å². The first kappa shape index (κ1) is 29.1. The number of nitrogens with zero attached hydrogens (tertiary/aromatic N) is 1. The Morgan fingerprint density at radius 2 is 1.41 bits per heavy atom. The molecule has 3 aromatic rings. The highest BCUT2D eigenvalue weighted by Crippen LogP contribution is 2.48. The van der Waals surface area contributed by atoms with Gasteiger partial charge in [-0.1, -0.05) is 24.3 Å². The van der Waals surface area contributed by atoms with E-state index in [1.807, 2.05) is 0 Å². The van der Waals surface area contributed by atoms with Gasteiger partial charge in [-0.15, -0.1) is 0 Å². The minimum Gasteiger partial charge on any atom is -0.508 e. The highest BCUT2D eigenvalue weighted by Gasteiger charge is 2.49. The van der Waals surface area contributed by atoms with Gasteiger partial charge in [-0.2, -0.15) is 0 Å². The van der Waals surface area contributed by atoms with Crippen molar-refractivity contribution >= 4 is 11.6 Å². The molecule has 2 unspecified atom stereocenters. The number of carbonyl (C=O) groups is 1. The van der Waals surface area contributed by atoms with E-state index in [1.165, 1.54) is 47.4 Å². The van der Waals surface area contributed by atoms with Crippen molar-refractivity contribution in [2.75, 3.05) is 11.5 Å². The Bertz CT molecular complexity index is 1350. The molecule has 5 rings (SSSR count). The minimum absolute atomic E-state index is 0.0831. The maximum absolute atomic E-state index is 13.6. The molecule has 5 N–H and O–H groups in total. The van der Waals surface area contributed by atoms with Crippen molar-refractivity contribution in [1.82, 2.24) is 0 Å². The fraction of sp³-hybridized carbons (Fsp3) is 0.387. The molecule has 0 spiro atoms. The molecule has 0 aliphatic carbocycles. The monoisotopic (exact) mass is 569 g/mol. The molecule has 7 atom stereocenters. The molecule has 10 heteroatoms. The van der Waals surface area contributed by atoms with Crippen molar-refractivity contribution in [3.05, 3.63) is 95.1 Å². The molecule has 2 aliphatic rings. The number of aromatic hydroxyl groups is 1. The number of rotatable bonds is 9. The largest absolute Gasteiger partial charge is 0.508 e. The molecule has 8 nitrogen and oxygen atoms in total. The van der Waals surface area contributed by atoms with Gasteiger partial charge in [-0.3, -0.25) is 4.79 Å². The molecule has 41 heavy (non-hydrogen) atoms. The molecule has 1 amide bonds. The van der Waals surface area contributed by atoms with E-state index in [0.29, 0.717) is 36.1 Å². The number of aryl methyl sites for hydroxylation is 1. The summed E-state index contributed by atoms with van der Waals surface area (Å²) >= 11 is 0. The highest BCUT2D eigenvalue weighted by atomic mass is 19.1. The quantitative estimate of drug-likeness (QED) is 0.251. The van der Waals surface area contributed by atoms with Gasteiger partial charge in [0.1, 0.15) is 41.8 Å². The highest BCUT2D eigenvalue weighted by molar-refractivity contribution is 6.03. The molecule has 0 aromatic heterocycles. The van der Waals surface area contributed by atoms with Gasteiger partial charge >= 0.3 is 0 Å². The maximum atomic E-state index is 13.6. The topological polar surface area (TPSA) is 131 Å². The second-order valence-electron chi connectivity index (χ2n) is 10.7. The van der Waals surface area contributed by atoms with E-state index in [9.17, 15) is 39.1 Å². The van der Waals surface area contributed by atoms with Crippen molar-refractivity contribution < 1.29 is 43.8 Å². The van der Waals surface area contributed by atoms with Gasteiger partial charge in [0.2, 0.25) is 5.91 Å². The van der Waals surface area contributed by atoms with Crippen LogP contribution < -0.4 is 4.90 Å². The lowest BCUT2D eigenvalue weighted by atomic mass is 9.78. The predicted octanol–water partition coefficient (Wildman–Crippen LogP) is 2.78. The Balaban J connectivity index is 1.35. The number of anilines is 1. The smallest absolute Gasteiger partial charge is 0.233 e. The standard InChI is InChI=1S/C31H33F2NO7/c32-19-7-4-17(5-8-19)2-1-3-23-27(34(31(23)40)21-11-9-20(33)10-12-21)22-13-6-18(14-24(22)36)15-25-28(37)30(39)29(38)26(16-35)41-25/h4-14,23,25-30,35-39H,1-3,15-16H2/t23-,25+,26?,27-,28-,29-,30?/m1/s1. The second-order valence-corrected chi connectivity index (χ2v) is 10.7. The zero-order valence-corrected chi connectivity index (χ0v) is 22.2. The number of aliphatic hydroxyl groups excluding tert-OH is 4. The number of aliphatic hydroxyl groups is 4. The third kappa shape index (κ3) is 5.98. The van der Waals surface area contributed by atoms with Crippen molar-refractivity contribution in [3.63, 3.8) is 0 Å². The van der Waals surface area contributed by atoms with E-state index in [4.69, 9.17) is 4.74 Å². The average molecular weight is 570 g/mol. The Labute approximate surface area is 236 Å².